The lowest BCUT2D eigenvalue weighted by molar-refractivity contribution is -0.166. The lowest BCUT2D eigenvalue weighted by atomic mass is 10.00. The SMILES string of the molecule is O=C(O)CN(CC(F)(F)F)C(=O)C1COc2ccccc21. The zero-order valence-corrected chi connectivity index (χ0v) is 10.8. The maximum Gasteiger partial charge on any atom is 0.406 e. The molecule has 1 aliphatic heterocycles. The predicted molar refractivity (Wildman–Crippen MR) is 64.9 cm³/mol. The number of aliphatic carboxylic acids is 1. The third-order valence-electron chi connectivity index (χ3n) is 3.01. The Balaban J connectivity index is 2.21. The van der Waals surface area contributed by atoms with Gasteiger partial charge < -0.3 is 14.7 Å². The number of amides is 1. The molecule has 1 aromatic rings. The molecular formula is C13H12F3NO4. The highest BCUT2D eigenvalue weighted by Gasteiger charge is 2.39. The van der Waals surface area contributed by atoms with Crippen LogP contribution >= 0.6 is 0 Å². The minimum Gasteiger partial charge on any atom is -0.492 e. The minimum atomic E-state index is -4.66. The number of alkyl halides is 3. The average molecular weight is 303 g/mol. The normalized spacial score (nSPS) is 17.0. The number of nitrogens with zero attached hydrogens (tertiary/aromatic N) is 1. The van der Waals surface area contributed by atoms with E-state index in [1.807, 2.05) is 0 Å². The van der Waals surface area contributed by atoms with Crippen molar-refractivity contribution in [3.63, 3.8) is 0 Å². The summed E-state index contributed by atoms with van der Waals surface area (Å²) in [5.74, 6) is -2.89. The molecule has 1 atom stereocenters. The van der Waals surface area contributed by atoms with Crippen LogP contribution in [0.25, 0.3) is 0 Å². The lowest BCUT2D eigenvalue weighted by Crippen LogP contribution is -2.44. The number of carbonyl (C=O) groups is 2. The molecule has 5 nitrogen and oxygen atoms in total. The van der Waals surface area contributed by atoms with Gasteiger partial charge in [-0.15, -0.1) is 0 Å². The Hall–Kier alpha value is -2.25. The van der Waals surface area contributed by atoms with Crippen LogP contribution in [0, 0.1) is 0 Å². The Morgan fingerprint density at radius 1 is 1.33 bits per heavy atom. The summed E-state index contributed by atoms with van der Waals surface area (Å²) in [6.07, 6.45) is -4.66. The topological polar surface area (TPSA) is 66.8 Å². The highest BCUT2D eigenvalue weighted by Crippen LogP contribution is 2.35. The maximum absolute atomic E-state index is 12.5. The van der Waals surface area contributed by atoms with Gasteiger partial charge in [0.1, 0.15) is 31.4 Å². The summed E-state index contributed by atoms with van der Waals surface area (Å²) in [4.78, 5) is 23.2. The number of benzene rings is 1. The zero-order valence-electron chi connectivity index (χ0n) is 10.8. The number of carboxylic acid groups (broad SMARTS) is 1. The van der Waals surface area contributed by atoms with Crippen LogP contribution in [0.5, 0.6) is 5.75 Å². The number of fused-ring (bicyclic) bond motifs is 1. The molecule has 1 aliphatic rings. The van der Waals surface area contributed by atoms with Crippen LogP contribution in [-0.2, 0) is 9.59 Å². The van der Waals surface area contributed by atoms with E-state index in [9.17, 15) is 22.8 Å². The molecule has 2 rings (SSSR count). The van der Waals surface area contributed by atoms with Gasteiger partial charge in [0.2, 0.25) is 5.91 Å². The van der Waals surface area contributed by atoms with E-state index in [0.29, 0.717) is 16.2 Å². The molecule has 1 amide bonds. The minimum absolute atomic E-state index is 0.0911. The zero-order chi connectivity index (χ0) is 15.6. The fourth-order valence-electron chi connectivity index (χ4n) is 2.18. The van der Waals surface area contributed by atoms with Crippen LogP contribution < -0.4 is 4.74 Å². The monoisotopic (exact) mass is 303 g/mol. The summed E-state index contributed by atoms with van der Waals surface area (Å²) in [6, 6.07) is 6.50. The van der Waals surface area contributed by atoms with E-state index in [1.54, 1.807) is 24.3 Å². The molecule has 0 bridgehead atoms. The van der Waals surface area contributed by atoms with E-state index in [1.165, 1.54) is 0 Å². The van der Waals surface area contributed by atoms with Crippen molar-refractivity contribution in [1.82, 2.24) is 4.90 Å². The van der Waals surface area contributed by atoms with Gasteiger partial charge in [0.15, 0.2) is 0 Å². The molecule has 114 valence electrons. The first-order chi connectivity index (χ1) is 9.78. The Labute approximate surface area is 117 Å². The van der Waals surface area contributed by atoms with Crippen LogP contribution in [0.1, 0.15) is 11.5 Å². The number of hydrogen-bond donors (Lipinski definition) is 1. The molecule has 1 aromatic carbocycles. The highest BCUT2D eigenvalue weighted by molar-refractivity contribution is 5.88. The number of rotatable bonds is 4. The van der Waals surface area contributed by atoms with E-state index in [0.717, 1.165) is 0 Å². The fraction of sp³-hybridized carbons (Fsp3) is 0.385. The molecule has 1 heterocycles. The van der Waals surface area contributed by atoms with E-state index in [2.05, 4.69) is 0 Å². The van der Waals surface area contributed by atoms with Crippen LogP contribution in [0.15, 0.2) is 24.3 Å². The molecule has 21 heavy (non-hydrogen) atoms. The van der Waals surface area contributed by atoms with Gasteiger partial charge in [-0.2, -0.15) is 13.2 Å². The molecule has 0 fully saturated rings. The van der Waals surface area contributed by atoms with Crippen molar-refractivity contribution in [2.45, 2.75) is 12.1 Å². The van der Waals surface area contributed by atoms with Crippen molar-refractivity contribution in [2.75, 3.05) is 19.7 Å². The van der Waals surface area contributed by atoms with Gasteiger partial charge in [0.05, 0.1) is 0 Å². The molecule has 1 N–H and O–H groups in total. The van der Waals surface area contributed by atoms with Crippen LogP contribution in [0.2, 0.25) is 0 Å². The second-order valence-electron chi connectivity index (χ2n) is 4.60. The molecule has 0 aromatic heterocycles. The third-order valence-corrected chi connectivity index (χ3v) is 3.01. The smallest absolute Gasteiger partial charge is 0.406 e. The Bertz CT molecular complexity index is 559. The number of hydrogen-bond acceptors (Lipinski definition) is 3. The van der Waals surface area contributed by atoms with Crippen LogP contribution in [-0.4, -0.2) is 47.8 Å². The van der Waals surface area contributed by atoms with Crippen molar-refractivity contribution >= 4 is 11.9 Å². The maximum atomic E-state index is 12.5. The number of carboxylic acids is 1. The standard InChI is InChI=1S/C13H12F3NO4/c14-13(15,16)7-17(5-11(18)19)12(20)9-6-21-10-4-2-1-3-8(9)10/h1-4,9H,5-7H2,(H,18,19). The predicted octanol–water partition coefficient (Wildman–Crippen LogP) is 1.64. The molecule has 8 heteroatoms. The summed E-state index contributed by atoms with van der Waals surface area (Å²) < 4.78 is 42.7. The van der Waals surface area contributed by atoms with Gasteiger partial charge in [0.25, 0.3) is 0 Å². The van der Waals surface area contributed by atoms with Crippen molar-refractivity contribution in [2.24, 2.45) is 0 Å². The summed E-state index contributed by atoms with van der Waals surface area (Å²) in [7, 11) is 0. The van der Waals surface area contributed by atoms with Gasteiger partial charge in [-0.25, -0.2) is 0 Å². The number of halogens is 3. The van der Waals surface area contributed by atoms with E-state index in [4.69, 9.17) is 9.84 Å². The van der Waals surface area contributed by atoms with Gasteiger partial charge >= 0.3 is 12.1 Å². The molecule has 1 unspecified atom stereocenters. The van der Waals surface area contributed by atoms with Crippen LogP contribution in [0.4, 0.5) is 13.2 Å². The van der Waals surface area contributed by atoms with Crippen LogP contribution in [0.3, 0.4) is 0 Å². The number of carbonyl (C=O) groups excluding carboxylic acids is 1. The van der Waals surface area contributed by atoms with Crippen molar-refractivity contribution in [3.8, 4) is 5.75 Å². The van der Waals surface area contributed by atoms with Crippen molar-refractivity contribution < 1.29 is 32.6 Å². The second-order valence-corrected chi connectivity index (χ2v) is 4.60. The van der Waals surface area contributed by atoms with Gasteiger partial charge in [-0.3, -0.25) is 9.59 Å². The van der Waals surface area contributed by atoms with E-state index < -0.39 is 37.1 Å². The number of para-hydroxylation sites is 1. The molecule has 0 aliphatic carbocycles. The Morgan fingerprint density at radius 2 is 2.00 bits per heavy atom. The summed E-state index contributed by atoms with van der Waals surface area (Å²) >= 11 is 0. The first kappa shape index (κ1) is 15.1. The first-order valence-corrected chi connectivity index (χ1v) is 6.07. The summed E-state index contributed by atoms with van der Waals surface area (Å²) in [5.41, 5.74) is 0.472. The Kier molecular flexibility index (Phi) is 4.06. The van der Waals surface area contributed by atoms with Crippen molar-refractivity contribution in [3.05, 3.63) is 29.8 Å². The molecule has 0 spiro atoms. The van der Waals surface area contributed by atoms with Gasteiger partial charge in [0, 0.05) is 5.56 Å². The molecule has 0 saturated carbocycles. The van der Waals surface area contributed by atoms with E-state index in [-0.39, 0.29) is 6.61 Å². The largest absolute Gasteiger partial charge is 0.492 e. The van der Waals surface area contributed by atoms with E-state index >= 15 is 0 Å². The third kappa shape index (κ3) is 3.65. The molecule has 0 saturated heterocycles. The summed E-state index contributed by atoms with van der Waals surface area (Å²) in [5, 5.41) is 8.68. The van der Waals surface area contributed by atoms with Crippen molar-refractivity contribution in [1.29, 1.82) is 0 Å². The van der Waals surface area contributed by atoms with Gasteiger partial charge in [-0.1, -0.05) is 18.2 Å². The lowest BCUT2D eigenvalue weighted by Gasteiger charge is -2.24. The Morgan fingerprint density at radius 3 is 2.62 bits per heavy atom. The van der Waals surface area contributed by atoms with Gasteiger partial charge in [-0.05, 0) is 6.07 Å². The quantitative estimate of drug-likeness (QED) is 0.918. The number of ether oxygens (including phenoxy) is 1. The molecular weight excluding hydrogens is 291 g/mol. The fourth-order valence-corrected chi connectivity index (χ4v) is 2.18. The highest BCUT2D eigenvalue weighted by atomic mass is 19.4. The second kappa shape index (κ2) is 5.63. The first-order valence-electron chi connectivity index (χ1n) is 6.07. The summed E-state index contributed by atoms with van der Waals surface area (Å²) in [6.45, 7) is -2.69. The molecule has 0 radical (unpaired) electrons. The average Bonchev–Trinajstić information content (AvgIpc) is 2.78.